The van der Waals surface area contributed by atoms with Crippen molar-refractivity contribution in [3.8, 4) is 5.75 Å². The summed E-state index contributed by atoms with van der Waals surface area (Å²) < 4.78 is 33.9. The van der Waals surface area contributed by atoms with E-state index in [9.17, 15) is 13.2 Å². The van der Waals surface area contributed by atoms with Crippen LogP contribution in [0, 0.1) is 13.8 Å². The van der Waals surface area contributed by atoms with Crippen LogP contribution in [0.4, 0.5) is 5.69 Å². The number of para-hydroxylation sites is 2. The van der Waals surface area contributed by atoms with Crippen LogP contribution in [-0.2, 0) is 14.8 Å². The van der Waals surface area contributed by atoms with Gasteiger partial charge in [0.25, 0.3) is 10.0 Å². The van der Waals surface area contributed by atoms with Gasteiger partial charge >= 0.3 is 0 Å². The highest BCUT2D eigenvalue weighted by Crippen LogP contribution is 2.32. The molecule has 7 heteroatoms. The van der Waals surface area contributed by atoms with Crippen LogP contribution in [0.5, 0.6) is 5.75 Å². The molecule has 1 amide bonds. The van der Waals surface area contributed by atoms with Crippen LogP contribution in [0.1, 0.15) is 36.6 Å². The maximum absolute atomic E-state index is 13.6. The number of amides is 1. The van der Waals surface area contributed by atoms with Gasteiger partial charge in [-0.25, -0.2) is 8.42 Å². The lowest BCUT2D eigenvalue weighted by Crippen LogP contribution is -2.41. The normalized spacial score (nSPS) is 12.1. The quantitative estimate of drug-likeness (QED) is 0.493. The van der Waals surface area contributed by atoms with Crippen LogP contribution in [0.3, 0.4) is 0 Å². The number of nitrogens with one attached hydrogen (secondary N) is 1. The van der Waals surface area contributed by atoms with Crippen LogP contribution in [-0.4, -0.2) is 27.5 Å². The molecule has 0 fully saturated rings. The Kier molecular flexibility index (Phi) is 7.76. The number of benzene rings is 3. The lowest BCUT2D eigenvalue weighted by atomic mass is 10.00. The molecule has 1 unspecified atom stereocenters. The zero-order valence-electron chi connectivity index (χ0n) is 19.4. The van der Waals surface area contributed by atoms with Crippen LogP contribution >= 0.6 is 0 Å². The molecule has 0 aliphatic carbocycles. The first-order valence-corrected chi connectivity index (χ1v) is 12.3. The Morgan fingerprint density at radius 3 is 2.36 bits per heavy atom. The molecule has 3 aromatic carbocycles. The summed E-state index contributed by atoms with van der Waals surface area (Å²) in [6.07, 6.45) is 0. The first kappa shape index (κ1) is 24.3. The summed E-state index contributed by atoms with van der Waals surface area (Å²) in [6.45, 7) is 7.69. The summed E-state index contributed by atoms with van der Waals surface area (Å²) in [5.41, 5.74) is 3.47. The number of carbonyl (C=O) groups is 1. The Hall–Kier alpha value is -3.32. The third kappa shape index (κ3) is 5.73. The molecule has 3 rings (SSSR count). The zero-order chi connectivity index (χ0) is 24.0. The molecule has 0 radical (unpaired) electrons. The minimum Gasteiger partial charge on any atom is -0.492 e. The van der Waals surface area contributed by atoms with Gasteiger partial charge in [0.2, 0.25) is 5.91 Å². The number of hydrogen-bond donors (Lipinski definition) is 1. The van der Waals surface area contributed by atoms with Gasteiger partial charge in [-0.05, 0) is 63.1 Å². The van der Waals surface area contributed by atoms with Gasteiger partial charge in [0, 0.05) is 0 Å². The van der Waals surface area contributed by atoms with E-state index in [4.69, 9.17) is 4.74 Å². The number of sulfonamides is 1. The van der Waals surface area contributed by atoms with Gasteiger partial charge in [0.05, 0.1) is 23.2 Å². The summed E-state index contributed by atoms with van der Waals surface area (Å²) in [4.78, 5) is 13.2. The van der Waals surface area contributed by atoms with Gasteiger partial charge in [-0.1, -0.05) is 54.1 Å². The molecule has 0 bridgehead atoms. The third-order valence-corrected chi connectivity index (χ3v) is 7.10. The van der Waals surface area contributed by atoms with Crippen molar-refractivity contribution in [1.82, 2.24) is 5.32 Å². The van der Waals surface area contributed by atoms with Gasteiger partial charge in [0.15, 0.2) is 0 Å². The number of hydrogen-bond acceptors (Lipinski definition) is 4. The molecule has 6 nitrogen and oxygen atoms in total. The lowest BCUT2D eigenvalue weighted by molar-refractivity contribution is -0.120. The molecular formula is C26H30N2O4S. The van der Waals surface area contributed by atoms with Crippen LogP contribution < -0.4 is 14.4 Å². The minimum atomic E-state index is -4.01. The second-order valence-electron chi connectivity index (χ2n) is 7.87. The van der Waals surface area contributed by atoms with Crippen LogP contribution in [0.2, 0.25) is 0 Å². The molecule has 3 aromatic rings. The van der Waals surface area contributed by atoms with E-state index in [1.165, 1.54) is 12.1 Å². The van der Waals surface area contributed by atoms with E-state index >= 15 is 0 Å². The third-order valence-electron chi connectivity index (χ3n) is 5.33. The smallest absolute Gasteiger partial charge is 0.264 e. The van der Waals surface area contributed by atoms with Crippen molar-refractivity contribution < 1.29 is 17.9 Å². The second kappa shape index (κ2) is 10.5. The van der Waals surface area contributed by atoms with Crippen molar-refractivity contribution in [2.45, 2.75) is 38.6 Å². The van der Waals surface area contributed by atoms with E-state index in [1.807, 2.05) is 45.9 Å². The van der Waals surface area contributed by atoms with E-state index in [1.54, 1.807) is 42.5 Å². The average molecular weight is 467 g/mol. The number of anilines is 1. The Morgan fingerprint density at radius 2 is 1.67 bits per heavy atom. The molecule has 0 saturated heterocycles. The molecule has 1 atom stereocenters. The van der Waals surface area contributed by atoms with E-state index < -0.39 is 15.9 Å². The highest BCUT2D eigenvalue weighted by atomic mass is 32.2. The van der Waals surface area contributed by atoms with E-state index in [0.717, 1.165) is 21.0 Å². The molecule has 33 heavy (non-hydrogen) atoms. The predicted molar refractivity (Wildman–Crippen MR) is 131 cm³/mol. The molecule has 0 aromatic heterocycles. The predicted octanol–water partition coefficient (Wildman–Crippen LogP) is 4.77. The van der Waals surface area contributed by atoms with Gasteiger partial charge in [-0.3, -0.25) is 9.10 Å². The van der Waals surface area contributed by atoms with Crippen molar-refractivity contribution in [2.24, 2.45) is 0 Å². The molecule has 0 aliphatic heterocycles. The van der Waals surface area contributed by atoms with Gasteiger partial charge in [-0.15, -0.1) is 0 Å². The lowest BCUT2D eigenvalue weighted by Gasteiger charge is -2.27. The van der Waals surface area contributed by atoms with Gasteiger partial charge in [-0.2, -0.15) is 0 Å². The van der Waals surface area contributed by atoms with Crippen molar-refractivity contribution >= 4 is 21.6 Å². The number of carbonyl (C=O) groups excluding carboxylic acids is 1. The second-order valence-corrected chi connectivity index (χ2v) is 9.74. The fourth-order valence-corrected chi connectivity index (χ4v) is 5.13. The molecule has 1 N–H and O–H groups in total. The van der Waals surface area contributed by atoms with Gasteiger partial charge < -0.3 is 10.1 Å². The fraction of sp³-hybridized carbons (Fsp3) is 0.269. The molecule has 0 heterocycles. The summed E-state index contributed by atoms with van der Waals surface area (Å²) in [5, 5.41) is 2.95. The highest BCUT2D eigenvalue weighted by molar-refractivity contribution is 7.92. The highest BCUT2D eigenvalue weighted by Gasteiger charge is 2.29. The molecule has 0 aliphatic rings. The first-order chi connectivity index (χ1) is 15.7. The maximum atomic E-state index is 13.6. The summed E-state index contributed by atoms with van der Waals surface area (Å²) in [7, 11) is -4.01. The van der Waals surface area contributed by atoms with Crippen molar-refractivity contribution in [2.75, 3.05) is 17.5 Å². The van der Waals surface area contributed by atoms with E-state index in [0.29, 0.717) is 18.0 Å². The summed E-state index contributed by atoms with van der Waals surface area (Å²) >= 11 is 0. The molecular weight excluding hydrogens is 436 g/mol. The Bertz CT molecular complexity index is 1210. The standard InChI is InChI=1S/C26H30N2O4S/c1-5-32-25-14-10-9-13-24(25)28(33(30,31)22-11-7-6-8-12-22)18-26(29)27-21(4)23-17-19(2)15-16-20(23)3/h6-17,21H,5,18H2,1-4H3,(H,27,29). The Labute approximate surface area is 196 Å². The average Bonchev–Trinajstić information content (AvgIpc) is 2.80. The topological polar surface area (TPSA) is 75.7 Å². The Morgan fingerprint density at radius 1 is 1.00 bits per heavy atom. The monoisotopic (exact) mass is 466 g/mol. The van der Waals surface area contributed by atoms with Gasteiger partial charge in [0.1, 0.15) is 12.3 Å². The van der Waals surface area contributed by atoms with Crippen molar-refractivity contribution in [1.29, 1.82) is 0 Å². The fourth-order valence-electron chi connectivity index (χ4n) is 3.68. The number of nitrogens with zero attached hydrogens (tertiary/aromatic N) is 1. The minimum absolute atomic E-state index is 0.103. The van der Waals surface area contributed by atoms with E-state index in [2.05, 4.69) is 5.32 Å². The number of ether oxygens (including phenoxy) is 1. The Balaban J connectivity index is 1.95. The summed E-state index contributed by atoms with van der Waals surface area (Å²) in [5.74, 6) is -0.0101. The number of aryl methyl sites for hydroxylation is 2. The van der Waals surface area contributed by atoms with Crippen LogP contribution in [0.15, 0.2) is 77.7 Å². The van der Waals surface area contributed by atoms with Crippen LogP contribution in [0.25, 0.3) is 0 Å². The zero-order valence-corrected chi connectivity index (χ0v) is 20.2. The molecule has 0 saturated carbocycles. The SMILES string of the molecule is CCOc1ccccc1N(CC(=O)NC(C)c1cc(C)ccc1C)S(=O)(=O)c1ccccc1. The molecule has 174 valence electrons. The molecule has 0 spiro atoms. The number of rotatable bonds is 9. The van der Waals surface area contributed by atoms with Crippen molar-refractivity contribution in [3.05, 3.63) is 89.5 Å². The van der Waals surface area contributed by atoms with Crippen molar-refractivity contribution in [3.63, 3.8) is 0 Å². The summed E-state index contributed by atoms with van der Waals surface area (Å²) in [6, 6.07) is 20.7. The maximum Gasteiger partial charge on any atom is 0.264 e. The largest absolute Gasteiger partial charge is 0.492 e. The first-order valence-electron chi connectivity index (χ1n) is 10.9. The van der Waals surface area contributed by atoms with E-state index in [-0.39, 0.29) is 17.5 Å².